The van der Waals surface area contributed by atoms with Crippen LogP contribution in [-0.4, -0.2) is 42.8 Å². The predicted octanol–water partition coefficient (Wildman–Crippen LogP) is 3.72. The molecule has 3 heteroatoms. The first kappa shape index (κ1) is 16.2. The molecular weight excluding hydrogens is 258 g/mol. The Labute approximate surface area is 129 Å². The van der Waals surface area contributed by atoms with Crippen molar-refractivity contribution in [1.82, 2.24) is 9.88 Å². The molecule has 0 amide bonds. The maximum atomic E-state index is 4.53. The van der Waals surface area contributed by atoms with Crippen LogP contribution in [0.4, 0.5) is 0 Å². The van der Waals surface area contributed by atoms with Crippen molar-refractivity contribution in [2.45, 2.75) is 57.4 Å². The number of hydrogen-bond donors (Lipinski definition) is 0. The van der Waals surface area contributed by atoms with E-state index in [1.54, 1.807) is 0 Å². The van der Waals surface area contributed by atoms with Gasteiger partial charge in [0.2, 0.25) is 0 Å². The van der Waals surface area contributed by atoms with Crippen molar-refractivity contribution in [1.29, 1.82) is 0 Å². The first-order valence-electron chi connectivity index (χ1n) is 8.37. The fraction of sp³-hybridized carbons (Fsp3) is 0.667. The SMILES string of the molecule is CN(C)CCCCCCCc1cc(C=NC2CC2)ccn1. The molecule has 2 rings (SSSR count). The van der Waals surface area contributed by atoms with Crippen LogP contribution in [-0.2, 0) is 6.42 Å². The maximum absolute atomic E-state index is 4.53. The fourth-order valence-electron chi connectivity index (χ4n) is 2.39. The minimum atomic E-state index is 0.601. The number of unbranched alkanes of at least 4 members (excludes halogenated alkanes) is 4. The lowest BCUT2D eigenvalue weighted by Gasteiger charge is -2.08. The van der Waals surface area contributed by atoms with Gasteiger partial charge in [-0.2, -0.15) is 0 Å². The molecule has 1 aromatic rings. The lowest BCUT2D eigenvalue weighted by atomic mass is 10.1. The fourth-order valence-corrected chi connectivity index (χ4v) is 2.39. The molecule has 1 aliphatic rings. The summed E-state index contributed by atoms with van der Waals surface area (Å²) in [5.41, 5.74) is 2.42. The Kier molecular flexibility index (Phi) is 6.87. The molecule has 0 aliphatic heterocycles. The van der Waals surface area contributed by atoms with Crippen LogP contribution in [0.2, 0.25) is 0 Å². The number of nitrogens with zero attached hydrogens (tertiary/aromatic N) is 3. The molecule has 1 aromatic heterocycles. The molecule has 0 atom stereocenters. The molecule has 116 valence electrons. The average molecular weight is 287 g/mol. The summed E-state index contributed by atoms with van der Waals surface area (Å²) < 4.78 is 0. The molecule has 21 heavy (non-hydrogen) atoms. The Hall–Kier alpha value is -1.22. The normalized spacial score (nSPS) is 15.2. The van der Waals surface area contributed by atoms with E-state index in [1.165, 1.54) is 62.7 Å². The zero-order chi connectivity index (χ0) is 14.9. The Balaban J connectivity index is 1.60. The first-order valence-corrected chi connectivity index (χ1v) is 8.37. The van der Waals surface area contributed by atoms with Crippen LogP contribution in [0.5, 0.6) is 0 Å². The van der Waals surface area contributed by atoms with Gasteiger partial charge in [0.05, 0.1) is 6.04 Å². The largest absolute Gasteiger partial charge is 0.309 e. The Morgan fingerprint density at radius 2 is 1.95 bits per heavy atom. The van der Waals surface area contributed by atoms with Crippen LogP contribution in [0.25, 0.3) is 0 Å². The third-order valence-corrected chi connectivity index (χ3v) is 3.86. The number of aromatic nitrogens is 1. The van der Waals surface area contributed by atoms with Crippen LogP contribution < -0.4 is 0 Å². The van der Waals surface area contributed by atoms with Gasteiger partial charge in [-0.1, -0.05) is 19.3 Å². The molecule has 1 aliphatic carbocycles. The second-order valence-electron chi connectivity index (χ2n) is 6.41. The van der Waals surface area contributed by atoms with E-state index in [9.17, 15) is 0 Å². The maximum Gasteiger partial charge on any atom is 0.0501 e. The van der Waals surface area contributed by atoms with E-state index < -0.39 is 0 Å². The molecule has 0 aromatic carbocycles. The van der Waals surface area contributed by atoms with Crippen molar-refractivity contribution in [3.8, 4) is 0 Å². The number of rotatable bonds is 10. The minimum absolute atomic E-state index is 0.601. The van der Waals surface area contributed by atoms with Gasteiger partial charge >= 0.3 is 0 Å². The van der Waals surface area contributed by atoms with Crippen molar-refractivity contribution in [3.63, 3.8) is 0 Å². The summed E-state index contributed by atoms with van der Waals surface area (Å²) in [5.74, 6) is 0. The molecule has 1 saturated carbocycles. The highest BCUT2D eigenvalue weighted by molar-refractivity contribution is 5.79. The molecule has 3 nitrogen and oxygen atoms in total. The van der Waals surface area contributed by atoms with Crippen LogP contribution in [0.1, 0.15) is 56.2 Å². The van der Waals surface area contributed by atoms with Gasteiger partial charge in [-0.05, 0) is 70.4 Å². The number of aryl methyl sites for hydroxylation is 1. The third kappa shape index (κ3) is 7.37. The number of pyridine rings is 1. The molecule has 0 spiro atoms. The van der Waals surface area contributed by atoms with E-state index in [1.807, 2.05) is 12.4 Å². The van der Waals surface area contributed by atoms with E-state index in [-0.39, 0.29) is 0 Å². The second-order valence-corrected chi connectivity index (χ2v) is 6.41. The standard InChI is InChI=1S/C18H29N3/c1-21(2)13-7-5-3-4-6-8-18-14-16(11-12-19-18)15-20-17-9-10-17/h11-12,14-15,17H,3-10,13H2,1-2H3. The van der Waals surface area contributed by atoms with Crippen LogP contribution >= 0.6 is 0 Å². The second kappa shape index (κ2) is 8.93. The van der Waals surface area contributed by atoms with Crippen LogP contribution in [0.15, 0.2) is 23.3 Å². The molecule has 0 unspecified atom stereocenters. The van der Waals surface area contributed by atoms with Crippen molar-refractivity contribution in [2.75, 3.05) is 20.6 Å². The zero-order valence-electron chi connectivity index (χ0n) is 13.6. The van der Waals surface area contributed by atoms with Crippen LogP contribution in [0.3, 0.4) is 0 Å². The Morgan fingerprint density at radius 1 is 1.19 bits per heavy atom. The topological polar surface area (TPSA) is 28.5 Å². The van der Waals surface area contributed by atoms with E-state index in [2.05, 4.69) is 41.1 Å². The summed E-state index contributed by atoms with van der Waals surface area (Å²) in [6.45, 7) is 1.21. The van der Waals surface area contributed by atoms with E-state index in [0.29, 0.717) is 6.04 Å². The highest BCUT2D eigenvalue weighted by atomic mass is 15.0. The number of aliphatic imine (C=N–C) groups is 1. The van der Waals surface area contributed by atoms with Gasteiger partial charge in [-0.3, -0.25) is 9.98 Å². The van der Waals surface area contributed by atoms with E-state index in [0.717, 1.165) is 6.42 Å². The molecule has 0 bridgehead atoms. The van der Waals surface area contributed by atoms with Crippen molar-refractivity contribution >= 4 is 6.21 Å². The quantitative estimate of drug-likeness (QED) is 0.485. The summed E-state index contributed by atoms with van der Waals surface area (Å²) in [4.78, 5) is 11.3. The molecule has 0 radical (unpaired) electrons. The van der Waals surface area contributed by atoms with Gasteiger partial charge in [-0.15, -0.1) is 0 Å². The highest BCUT2D eigenvalue weighted by Crippen LogP contribution is 2.23. The summed E-state index contributed by atoms with van der Waals surface area (Å²) >= 11 is 0. The van der Waals surface area contributed by atoms with E-state index >= 15 is 0 Å². The zero-order valence-corrected chi connectivity index (χ0v) is 13.6. The Bertz CT molecular complexity index is 436. The van der Waals surface area contributed by atoms with Crippen LogP contribution in [0, 0.1) is 0 Å². The third-order valence-electron chi connectivity index (χ3n) is 3.86. The van der Waals surface area contributed by atoms with Crippen molar-refractivity contribution < 1.29 is 0 Å². The molecule has 0 saturated heterocycles. The van der Waals surface area contributed by atoms with Gasteiger partial charge in [-0.25, -0.2) is 0 Å². The molecule has 0 N–H and O–H groups in total. The highest BCUT2D eigenvalue weighted by Gasteiger charge is 2.18. The lowest BCUT2D eigenvalue weighted by Crippen LogP contribution is -2.12. The summed E-state index contributed by atoms with van der Waals surface area (Å²) in [5, 5.41) is 0. The minimum Gasteiger partial charge on any atom is -0.309 e. The van der Waals surface area contributed by atoms with E-state index in [4.69, 9.17) is 0 Å². The first-order chi connectivity index (χ1) is 10.2. The Morgan fingerprint density at radius 3 is 2.71 bits per heavy atom. The number of hydrogen-bond acceptors (Lipinski definition) is 3. The summed E-state index contributed by atoms with van der Waals surface area (Å²) in [7, 11) is 4.29. The van der Waals surface area contributed by atoms with Crippen molar-refractivity contribution in [2.24, 2.45) is 4.99 Å². The summed E-state index contributed by atoms with van der Waals surface area (Å²) in [6, 6.07) is 4.85. The average Bonchev–Trinajstić information content (AvgIpc) is 3.28. The molecular formula is C18H29N3. The molecule has 1 heterocycles. The van der Waals surface area contributed by atoms with Gasteiger partial charge < -0.3 is 4.90 Å². The summed E-state index contributed by atoms with van der Waals surface area (Å²) in [6.07, 6.45) is 14.1. The van der Waals surface area contributed by atoms with Gasteiger partial charge in [0.25, 0.3) is 0 Å². The predicted molar refractivity (Wildman–Crippen MR) is 90.2 cm³/mol. The van der Waals surface area contributed by atoms with Gasteiger partial charge in [0, 0.05) is 18.1 Å². The van der Waals surface area contributed by atoms with Gasteiger partial charge in [0.1, 0.15) is 0 Å². The van der Waals surface area contributed by atoms with Gasteiger partial charge in [0.15, 0.2) is 0 Å². The molecule has 1 fully saturated rings. The smallest absolute Gasteiger partial charge is 0.0501 e. The lowest BCUT2D eigenvalue weighted by molar-refractivity contribution is 0.389. The monoisotopic (exact) mass is 287 g/mol. The van der Waals surface area contributed by atoms with Crippen molar-refractivity contribution in [3.05, 3.63) is 29.6 Å².